The zero-order valence-electron chi connectivity index (χ0n) is 17.1. The predicted octanol–water partition coefficient (Wildman–Crippen LogP) is 3.41. The molecule has 0 unspecified atom stereocenters. The fraction of sp³-hybridized carbons (Fsp3) is 0.545. The summed E-state index contributed by atoms with van der Waals surface area (Å²) in [5.41, 5.74) is 3.82. The van der Waals surface area contributed by atoms with Crippen molar-refractivity contribution in [3.05, 3.63) is 47.3 Å². The van der Waals surface area contributed by atoms with E-state index in [0.29, 0.717) is 5.92 Å². The monoisotopic (exact) mass is 368 g/mol. The molecule has 0 N–H and O–H groups in total. The van der Waals surface area contributed by atoms with Gasteiger partial charge in [-0.05, 0) is 37.4 Å². The van der Waals surface area contributed by atoms with Crippen molar-refractivity contribution in [3.8, 4) is 5.69 Å². The smallest absolute Gasteiger partial charge is 0.257 e. The van der Waals surface area contributed by atoms with Crippen LogP contribution in [0.25, 0.3) is 5.69 Å². The van der Waals surface area contributed by atoms with E-state index in [1.807, 2.05) is 27.8 Å². The number of aromatic nitrogens is 2. The lowest BCUT2D eigenvalue weighted by molar-refractivity contribution is 0.0641. The summed E-state index contributed by atoms with van der Waals surface area (Å²) < 4.78 is 1.98. The van der Waals surface area contributed by atoms with Crippen molar-refractivity contribution in [1.82, 2.24) is 19.6 Å². The minimum atomic E-state index is 0.153. The third-order valence-electron chi connectivity index (χ3n) is 5.31. The summed E-state index contributed by atoms with van der Waals surface area (Å²) >= 11 is 0. The highest BCUT2D eigenvalue weighted by molar-refractivity contribution is 5.97. The summed E-state index contributed by atoms with van der Waals surface area (Å²) in [6, 6.07) is 10.2. The molecule has 0 spiro atoms. The summed E-state index contributed by atoms with van der Waals surface area (Å²) in [6.07, 6.45) is 1.61. The normalized spacial score (nSPS) is 15.5. The molecule has 2 heterocycles. The number of piperazine rings is 1. The Bertz CT molecular complexity index is 758. The van der Waals surface area contributed by atoms with Gasteiger partial charge in [0, 0.05) is 26.2 Å². The number of nitrogens with zero attached hydrogens (tertiary/aromatic N) is 4. The van der Waals surface area contributed by atoms with Crippen LogP contribution in [0.15, 0.2) is 30.3 Å². The average molecular weight is 369 g/mol. The summed E-state index contributed by atoms with van der Waals surface area (Å²) in [6.45, 7) is 13.2. The third-order valence-corrected chi connectivity index (χ3v) is 5.31. The number of carbonyl (C=O) groups is 1. The number of benzene rings is 1. The van der Waals surface area contributed by atoms with Crippen molar-refractivity contribution < 1.29 is 4.79 Å². The average Bonchev–Trinajstić information content (AvgIpc) is 3.05. The number of hydrogen-bond acceptors (Lipinski definition) is 3. The second-order valence-electron chi connectivity index (χ2n) is 7.69. The van der Waals surface area contributed by atoms with Crippen LogP contribution < -0.4 is 0 Å². The largest absolute Gasteiger partial charge is 0.336 e. The Morgan fingerprint density at radius 3 is 2.30 bits per heavy atom. The van der Waals surface area contributed by atoms with E-state index in [1.165, 1.54) is 0 Å². The highest BCUT2D eigenvalue weighted by Gasteiger charge is 2.29. The van der Waals surface area contributed by atoms with Gasteiger partial charge in [-0.25, -0.2) is 4.68 Å². The Morgan fingerprint density at radius 2 is 1.74 bits per heavy atom. The molecule has 1 aromatic carbocycles. The van der Waals surface area contributed by atoms with Crippen molar-refractivity contribution in [3.63, 3.8) is 0 Å². The summed E-state index contributed by atoms with van der Waals surface area (Å²) in [5.74, 6) is 0.609. The maximum Gasteiger partial charge on any atom is 0.257 e. The van der Waals surface area contributed by atoms with Crippen molar-refractivity contribution in [2.45, 2.75) is 40.5 Å². The second kappa shape index (κ2) is 8.70. The van der Waals surface area contributed by atoms with Gasteiger partial charge in [0.2, 0.25) is 0 Å². The van der Waals surface area contributed by atoms with Crippen molar-refractivity contribution >= 4 is 5.91 Å². The fourth-order valence-corrected chi connectivity index (χ4v) is 3.81. The molecule has 0 radical (unpaired) electrons. The first-order valence-corrected chi connectivity index (χ1v) is 10.2. The van der Waals surface area contributed by atoms with Gasteiger partial charge in [-0.2, -0.15) is 5.10 Å². The van der Waals surface area contributed by atoms with E-state index in [1.54, 1.807) is 0 Å². The van der Waals surface area contributed by atoms with Gasteiger partial charge in [0.1, 0.15) is 0 Å². The van der Waals surface area contributed by atoms with Crippen LogP contribution in [0, 0.1) is 5.92 Å². The molecule has 146 valence electrons. The van der Waals surface area contributed by atoms with Crippen LogP contribution in [0.4, 0.5) is 0 Å². The first-order chi connectivity index (χ1) is 13.0. The lowest BCUT2D eigenvalue weighted by atomic mass is 10.0. The Balaban J connectivity index is 1.99. The molecule has 0 atom stereocenters. The first-order valence-electron chi connectivity index (χ1n) is 10.2. The van der Waals surface area contributed by atoms with E-state index in [-0.39, 0.29) is 5.91 Å². The highest BCUT2D eigenvalue weighted by Crippen LogP contribution is 2.24. The SMILES string of the molecule is CCc1c(C(=O)N2CCN(CC)CC2)c(CC(C)C)nn1-c1ccccc1. The van der Waals surface area contributed by atoms with E-state index in [9.17, 15) is 4.79 Å². The van der Waals surface area contributed by atoms with Crippen molar-refractivity contribution in [2.24, 2.45) is 5.92 Å². The fourth-order valence-electron chi connectivity index (χ4n) is 3.81. The van der Waals surface area contributed by atoms with E-state index in [0.717, 1.165) is 68.2 Å². The lowest BCUT2D eigenvalue weighted by Gasteiger charge is -2.34. The number of rotatable bonds is 6. The van der Waals surface area contributed by atoms with Gasteiger partial charge in [-0.1, -0.05) is 45.9 Å². The highest BCUT2D eigenvalue weighted by atomic mass is 16.2. The van der Waals surface area contributed by atoms with Gasteiger partial charge in [-0.3, -0.25) is 4.79 Å². The van der Waals surface area contributed by atoms with E-state index in [2.05, 4.69) is 44.7 Å². The Morgan fingerprint density at radius 1 is 1.07 bits per heavy atom. The minimum Gasteiger partial charge on any atom is -0.336 e. The van der Waals surface area contributed by atoms with Crippen LogP contribution in [0.3, 0.4) is 0 Å². The first kappa shape index (κ1) is 19.6. The number of likely N-dealkylation sites (N-methyl/N-ethyl adjacent to an activating group) is 1. The van der Waals surface area contributed by atoms with Gasteiger partial charge < -0.3 is 9.80 Å². The molecule has 0 saturated carbocycles. The minimum absolute atomic E-state index is 0.153. The topological polar surface area (TPSA) is 41.4 Å². The zero-order valence-corrected chi connectivity index (χ0v) is 17.1. The van der Waals surface area contributed by atoms with Crippen molar-refractivity contribution in [1.29, 1.82) is 0 Å². The Kier molecular flexibility index (Phi) is 6.32. The third kappa shape index (κ3) is 4.24. The molecule has 1 fully saturated rings. The van der Waals surface area contributed by atoms with Crippen molar-refractivity contribution in [2.75, 3.05) is 32.7 Å². The van der Waals surface area contributed by atoms with Gasteiger partial charge in [-0.15, -0.1) is 0 Å². The second-order valence-corrected chi connectivity index (χ2v) is 7.69. The molecule has 27 heavy (non-hydrogen) atoms. The number of hydrogen-bond donors (Lipinski definition) is 0. The molecule has 0 aliphatic carbocycles. The molecule has 1 aliphatic heterocycles. The lowest BCUT2D eigenvalue weighted by Crippen LogP contribution is -2.48. The predicted molar refractivity (Wildman–Crippen MR) is 110 cm³/mol. The molecule has 1 aromatic heterocycles. The van der Waals surface area contributed by atoms with Gasteiger partial charge in [0.15, 0.2) is 0 Å². The zero-order chi connectivity index (χ0) is 19.4. The van der Waals surface area contributed by atoms with Crippen LogP contribution in [0.5, 0.6) is 0 Å². The summed E-state index contributed by atoms with van der Waals surface area (Å²) in [5, 5.41) is 4.90. The van der Waals surface area contributed by atoms with Gasteiger partial charge in [0.25, 0.3) is 5.91 Å². The molecule has 2 aromatic rings. The molecular weight excluding hydrogens is 336 g/mol. The standard InChI is InChI=1S/C22H32N4O/c1-5-20-21(22(27)25-14-12-24(6-2)13-15-25)19(16-17(3)4)23-26(20)18-10-8-7-9-11-18/h7-11,17H,5-6,12-16H2,1-4H3. The quantitative estimate of drug-likeness (QED) is 0.785. The molecule has 1 aliphatic rings. The Labute approximate surface area is 163 Å². The molecule has 0 bridgehead atoms. The molecule has 5 heteroatoms. The van der Waals surface area contributed by atoms with Crippen LogP contribution in [-0.2, 0) is 12.8 Å². The molecule has 1 amide bonds. The van der Waals surface area contributed by atoms with Crippen LogP contribution in [-0.4, -0.2) is 58.2 Å². The summed E-state index contributed by atoms with van der Waals surface area (Å²) in [4.78, 5) is 17.9. The molecule has 3 rings (SSSR count). The Hall–Kier alpha value is -2.14. The molecule has 1 saturated heterocycles. The number of carbonyl (C=O) groups excluding carboxylic acids is 1. The van der Waals surface area contributed by atoms with E-state index in [4.69, 9.17) is 5.10 Å². The maximum atomic E-state index is 13.5. The number of para-hydroxylation sites is 1. The van der Waals surface area contributed by atoms with Crippen LogP contribution in [0.1, 0.15) is 49.4 Å². The molecular formula is C22H32N4O. The van der Waals surface area contributed by atoms with Crippen LogP contribution in [0.2, 0.25) is 0 Å². The molecule has 5 nitrogen and oxygen atoms in total. The van der Waals surface area contributed by atoms with E-state index >= 15 is 0 Å². The maximum absolute atomic E-state index is 13.5. The summed E-state index contributed by atoms with van der Waals surface area (Å²) in [7, 11) is 0. The van der Waals surface area contributed by atoms with Gasteiger partial charge in [0.05, 0.1) is 22.6 Å². The number of amides is 1. The van der Waals surface area contributed by atoms with Crippen LogP contribution >= 0.6 is 0 Å². The van der Waals surface area contributed by atoms with E-state index < -0.39 is 0 Å². The van der Waals surface area contributed by atoms with Gasteiger partial charge >= 0.3 is 0 Å².